The van der Waals surface area contributed by atoms with Crippen LogP contribution in [0.2, 0.25) is 0 Å². The quantitative estimate of drug-likeness (QED) is 0.534. The average molecular weight is 315 g/mol. The highest BCUT2D eigenvalue weighted by Gasteiger charge is 2.19. The fraction of sp³-hybridized carbons (Fsp3) is 0.0714. The molecule has 0 atom stereocenters. The Balaban J connectivity index is 2.11. The molecule has 23 heavy (non-hydrogen) atoms. The number of nitrogens with zero attached hydrogens (tertiary/aromatic N) is 3. The van der Waals surface area contributed by atoms with E-state index in [4.69, 9.17) is 9.15 Å². The van der Waals surface area contributed by atoms with E-state index in [0.29, 0.717) is 16.7 Å². The van der Waals surface area contributed by atoms with E-state index >= 15 is 0 Å². The summed E-state index contributed by atoms with van der Waals surface area (Å²) in [5.41, 5.74) is 0.685. The number of hydrogen-bond donors (Lipinski definition) is 0. The zero-order valence-corrected chi connectivity index (χ0v) is 11.8. The van der Waals surface area contributed by atoms with Gasteiger partial charge in [0.2, 0.25) is 5.89 Å². The minimum absolute atomic E-state index is 0.113. The first-order valence-electron chi connectivity index (χ1n) is 6.37. The molecular formula is C14H9N3O6. The van der Waals surface area contributed by atoms with Crippen molar-refractivity contribution in [2.24, 2.45) is 0 Å². The number of oxazole rings is 1. The first kappa shape index (κ1) is 14.4. The summed E-state index contributed by atoms with van der Waals surface area (Å²) in [7, 11) is 1.33. The van der Waals surface area contributed by atoms with Crippen LogP contribution in [0.5, 0.6) is 5.75 Å². The molecule has 0 saturated carbocycles. The molecule has 0 bridgehead atoms. The summed E-state index contributed by atoms with van der Waals surface area (Å²) < 4.78 is 10.4. The maximum absolute atomic E-state index is 11.1. The lowest BCUT2D eigenvalue weighted by atomic mass is 10.2. The SMILES string of the molecule is COc1ccc(-c2nc3cc([N+](=O)[O-])ccc3o2)cc1[N+](=O)[O-]. The second-order valence-electron chi connectivity index (χ2n) is 4.57. The van der Waals surface area contributed by atoms with E-state index in [-0.39, 0.29) is 23.0 Å². The molecule has 9 nitrogen and oxygen atoms in total. The van der Waals surface area contributed by atoms with Gasteiger partial charge >= 0.3 is 5.69 Å². The average Bonchev–Trinajstić information content (AvgIpc) is 2.97. The minimum Gasteiger partial charge on any atom is -0.490 e. The van der Waals surface area contributed by atoms with Crippen molar-refractivity contribution in [1.29, 1.82) is 0 Å². The van der Waals surface area contributed by atoms with E-state index in [0.717, 1.165) is 0 Å². The van der Waals surface area contributed by atoms with Crippen LogP contribution in [-0.2, 0) is 0 Å². The van der Waals surface area contributed by atoms with Crippen molar-refractivity contribution in [3.63, 3.8) is 0 Å². The van der Waals surface area contributed by atoms with Gasteiger partial charge in [0.25, 0.3) is 5.69 Å². The Labute approximate surface area is 128 Å². The van der Waals surface area contributed by atoms with Gasteiger partial charge in [-0.1, -0.05) is 0 Å². The Bertz CT molecular complexity index is 933. The fourth-order valence-electron chi connectivity index (χ4n) is 2.12. The van der Waals surface area contributed by atoms with Crippen LogP contribution in [0.1, 0.15) is 0 Å². The summed E-state index contributed by atoms with van der Waals surface area (Å²) in [5, 5.41) is 21.8. The third-order valence-corrected chi connectivity index (χ3v) is 3.20. The Morgan fingerprint density at radius 1 is 1.09 bits per heavy atom. The number of rotatable bonds is 4. The van der Waals surface area contributed by atoms with Crippen LogP contribution in [0.15, 0.2) is 40.8 Å². The lowest BCUT2D eigenvalue weighted by molar-refractivity contribution is -0.385. The number of aromatic nitrogens is 1. The fourth-order valence-corrected chi connectivity index (χ4v) is 2.12. The van der Waals surface area contributed by atoms with Gasteiger partial charge in [0.05, 0.1) is 17.0 Å². The van der Waals surface area contributed by atoms with Gasteiger partial charge in [-0.25, -0.2) is 4.98 Å². The number of hydrogen-bond acceptors (Lipinski definition) is 7. The molecule has 9 heteroatoms. The summed E-state index contributed by atoms with van der Waals surface area (Å²) in [6, 6.07) is 8.28. The first-order valence-corrected chi connectivity index (χ1v) is 6.37. The molecule has 1 aromatic heterocycles. The molecule has 2 aromatic carbocycles. The van der Waals surface area contributed by atoms with Gasteiger partial charge in [0.15, 0.2) is 11.3 Å². The van der Waals surface area contributed by atoms with Gasteiger partial charge in [-0.15, -0.1) is 0 Å². The highest BCUT2D eigenvalue weighted by atomic mass is 16.6. The van der Waals surface area contributed by atoms with Gasteiger partial charge in [-0.3, -0.25) is 20.2 Å². The van der Waals surface area contributed by atoms with Crippen LogP contribution in [0, 0.1) is 20.2 Å². The molecule has 3 rings (SSSR count). The third-order valence-electron chi connectivity index (χ3n) is 3.20. The van der Waals surface area contributed by atoms with Crippen LogP contribution in [0.3, 0.4) is 0 Å². The molecule has 116 valence electrons. The van der Waals surface area contributed by atoms with Gasteiger partial charge in [0, 0.05) is 23.8 Å². The molecule has 0 spiro atoms. The largest absolute Gasteiger partial charge is 0.490 e. The number of benzene rings is 2. The summed E-state index contributed by atoms with van der Waals surface area (Å²) in [5.74, 6) is 0.247. The predicted molar refractivity (Wildman–Crippen MR) is 79.3 cm³/mol. The normalized spacial score (nSPS) is 10.7. The minimum atomic E-state index is -0.574. The van der Waals surface area contributed by atoms with Gasteiger partial charge in [-0.05, 0) is 18.2 Å². The second kappa shape index (κ2) is 5.37. The van der Waals surface area contributed by atoms with E-state index in [1.807, 2.05) is 0 Å². The molecule has 3 aromatic rings. The van der Waals surface area contributed by atoms with E-state index in [9.17, 15) is 20.2 Å². The van der Waals surface area contributed by atoms with Gasteiger partial charge in [0.1, 0.15) is 5.52 Å². The zero-order valence-electron chi connectivity index (χ0n) is 11.8. The summed E-state index contributed by atoms with van der Waals surface area (Å²) in [4.78, 5) is 24.9. The van der Waals surface area contributed by atoms with Crippen molar-refractivity contribution in [2.45, 2.75) is 0 Å². The molecule has 0 saturated heterocycles. The van der Waals surface area contributed by atoms with Crippen molar-refractivity contribution in [3.8, 4) is 17.2 Å². The number of fused-ring (bicyclic) bond motifs is 1. The highest BCUT2D eigenvalue weighted by Crippen LogP contribution is 2.33. The molecule has 0 aliphatic rings. The zero-order chi connectivity index (χ0) is 16.6. The van der Waals surface area contributed by atoms with Crippen LogP contribution in [0.25, 0.3) is 22.6 Å². The maximum atomic E-state index is 11.1. The van der Waals surface area contributed by atoms with E-state index < -0.39 is 9.85 Å². The van der Waals surface area contributed by atoms with E-state index in [1.165, 1.54) is 37.4 Å². The standard InChI is InChI=1S/C14H9N3O6/c1-22-13-4-2-8(6-11(13)17(20)21)14-15-10-7-9(16(18)19)3-5-12(10)23-14/h2-7H,1H3. The van der Waals surface area contributed by atoms with Crippen molar-refractivity contribution in [2.75, 3.05) is 7.11 Å². The Kier molecular flexibility index (Phi) is 3.37. The molecule has 0 unspecified atom stereocenters. The number of non-ortho nitro benzene ring substituents is 1. The lowest BCUT2D eigenvalue weighted by Crippen LogP contribution is -1.94. The van der Waals surface area contributed by atoms with E-state index in [1.54, 1.807) is 6.07 Å². The molecule has 0 radical (unpaired) electrons. The van der Waals surface area contributed by atoms with Crippen molar-refractivity contribution >= 4 is 22.5 Å². The second-order valence-corrected chi connectivity index (χ2v) is 4.57. The summed E-state index contributed by atoms with van der Waals surface area (Å²) in [6.45, 7) is 0. The number of nitro benzene ring substituents is 2. The summed E-state index contributed by atoms with van der Waals surface area (Å²) >= 11 is 0. The Hall–Kier alpha value is -3.49. The smallest absolute Gasteiger partial charge is 0.311 e. The van der Waals surface area contributed by atoms with Crippen LogP contribution < -0.4 is 4.74 Å². The van der Waals surface area contributed by atoms with Crippen molar-refractivity contribution in [1.82, 2.24) is 4.98 Å². The van der Waals surface area contributed by atoms with Crippen LogP contribution in [0.4, 0.5) is 11.4 Å². The third kappa shape index (κ3) is 2.55. The molecule has 0 fully saturated rings. The van der Waals surface area contributed by atoms with Crippen molar-refractivity contribution < 1.29 is 19.0 Å². The van der Waals surface area contributed by atoms with E-state index in [2.05, 4.69) is 4.98 Å². The number of methoxy groups -OCH3 is 1. The highest BCUT2D eigenvalue weighted by molar-refractivity contribution is 5.79. The topological polar surface area (TPSA) is 122 Å². The van der Waals surface area contributed by atoms with Gasteiger partial charge < -0.3 is 9.15 Å². The summed E-state index contributed by atoms with van der Waals surface area (Å²) in [6.07, 6.45) is 0. The lowest BCUT2D eigenvalue weighted by Gasteiger charge is -2.02. The molecular weight excluding hydrogens is 306 g/mol. The molecule has 1 heterocycles. The Morgan fingerprint density at radius 3 is 2.52 bits per heavy atom. The number of ether oxygens (including phenoxy) is 1. The predicted octanol–water partition coefficient (Wildman–Crippen LogP) is 3.32. The van der Waals surface area contributed by atoms with Crippen LogP contribution in [-0.4, -0.2) is 21.9 Å². The molecule has 0 N–H and O–H groups in total. The molecule has 0 aliphatic carbocycles. The molecule has 0 aliphatic heterocycles. The van der Waals surface area contributed by atoms with Gasteiger partial charge in [-0.2, -0.15) is 0 Å². The Morgan fingerprint density at radius 2 is 1.87 bits per heavy atom. The first-order chi connectivity index (χ1) is 11.0. The maximum Gasteiger partial charge on any atom is 0.311 e. The van der Waals surface area contributed by atoms with Crippen molar-refractivity contribution in [3.05, 3.63) is 56.6 Å². The molecule has 0 amide bonds. The number of nitro groups is 2. The monoisotopic (exact) mass is 315 g/mol. The van der Waals surface area contributed by atoms with Crippen LogP contribution >= 0.6 is 0 Å².